The van der Waals surface area contributed by atoms with Gasteiger partial charge < -0.3 is 14.7 Å². The summed E-state index contributed by atoms with van der Waals surface area (Å²) in [6.45, 7) is 2.73. The number of ether oxygens (including phenoxy) is 1. The number of carbonyl (C=O) groups is 1. The second-order valence-corrected chi connectivity index (χ2v) is 7.64. The first-order valence-electron chi connectivity index (χ1n) is 8.97. The number of nitrogens with zero attached hydrogens (tertiary/aromatic N) is 1. The molecule has 1 saturated heterocycles. The molecule has 26 heavy (non-hydrogen) atoms. The lowest BCUT2D eigenvalue weighted by atomic mass is 9.84. The molecule has 1 aliphatic heterocycles. The summed E-state index contributed by atoms with van der Waals surface area (Å²) in [4.78, 5) is 14.6. The third-order valence-electron chi connectivity index (χ3n) is 5.13. The summed E-state index contributed by atoms with van der Waals surface area (Å²) in [7, 11) is 0. The fourth-order valence-electron chi connectivity index (χ4n) is 3.57. The van der Waals surface area contributed by atoms with Gasteiger partial charge in [-0.2, -0.15) is 0 Å². The van der Waals surface area contributed by atoms with Gasteiger partial charge in [-0.25, -0.2) is 4.79 Å². The zero-order chi connectivity index (χ0) is 18.6. The molecule has 0 aromatic heterocycles. The minimum atomic E-state index is -0.656. The van der Waals surface area contributed by atoms with Gasteiger partial charge in [0, 0.05) is 24.0 Å². The maximum absolute atomic E-state index is 12.9. The molecule has 1 heterocycles. The highest BCUT2D eigenvalue weighted by Gasteiger charge is 2.43. The van der Waals surface area contributed by atoms with Gasteiger partial charge in [0.1, 0.15) is 5.60 Å². The highest BCUT2D eigenvalue weighted by atomic mass is 79.9. The van der Waals surface area contributed by atoms with Crippen LogP contribution in [0, 0.1) is 0 Å². The number of benzene rings is 2. The topological polar surface area (TPSA) is 49.8 Å². The van der Waals surface area contributed by atoms with Crippen molar-refractivity contribution in [3.63, 3.8) is 0 Å². The molecule has 2 aromatic carbocycles. The molecule has 138 valence electrons. The van der Waals surface area contributed by atoms with Crippen LogP contribution in [0.4, 0.5) is 4.79 Å². The Labute approximate surface area is 162 Å². The molecular weight excluding hydrogens is 394 g/mol. The molecule has 1 N–H and O–H groups in total. The van der Waals surface area contributed by atoms with Crippen molar-refractivity contribution in [2.75, 3.05) is 13.2 Å². The Morgan fingerprint density at radius 2 is 1.88 bits per heavy atom. The van der Waals surface area contributed by atoms with E-state index in [4.69, 9.17) is 4.74 Å². The van der Waals surface area contributed by atoms with Crippen molar-refractivity contribution in [3.05, 3.63) is 70.2 Å². The monoisotopic (exact) mass is 417 g/mol. The fourth-order valence-corrected chi connectivity index (χ4v) is 3.84. The molecule has 2 atom stereocenters. The summed E-state index contributed by atoms with van der Waals surface area (Å²) in [5.74, 6) is 0. The highest BCUT2D eigenvalue weighted by molar-refractivity contribution is 9.10. The summed E-state index contributed by atoms with van der Waals surface area (Å²) in [5, 5.41) is 9.28. The van der Waals surface area contributed by atoms with Crippen LogP contribution < -0.4 is 0 Å². The van der Waals surface area contributed by atoms with E-state index >= 15 is 0 Å². The van der Waals surface area contributed by atoms with Crippen molar-refractivity contribution in [1.82, 2.24) is 4.90 Å². The van der Waals surface area contributed by atoms with Gasteiger partial charge in [0.2, 0.25) is 0 Å². The minimum absolute atomic E-state index is 0.0535. The van der Waals surface area contributed by atoms with Gasteiger partial charge in [-0.1, -0.05) is 58.4 Å². The van der Waals surface area contributed by atoms with Crippen LogP contribution in [0.15, 0.2) is 59.1 Å². The number of hydrogen-bond donors (Lipinski definition) is 1. The lowest BCUT2D eigenvalue weighted by molar-refractivity contribution is -0.0680. The van der Waals surface area contributed by atoms with Gasteiger partial charge in [0.05, 0.1) is 6.04 Å². The van der Waals surface area contributed by atoms with Crippen LogP contribution in [0.3, 0.4) is 0 Å². The molecule has 4 nitrogen and oxygen atoms in total. The first-order chi connectivity index (χ1) is 12.6. The van der Waals surface area contributed by atoms with Crippen molar-refractivity contribution in [2.45, 2.75) is 37.8 Å². The van der Waals surface area contributed by atoms with Crippen LogP contribution >= 0.6 is 15.9 Å². The Morgan fingerprint density at radius 3 is 2.50 bits per heavy atom. The molecule has 1 fully saturated rings. The quantitative estimate of drug-likeness (QED) is 0.717. The lowest BCUT2D eigenvalue weighted by Gasteiger charge is -2.43. The van der Waals surface area contributed by atoms with Crippen molar-refractivity contribution in [2.24, 2.45) is 0 Å². The van der Waals surface area contributed by atoms with Gasteiger partial charge in [0.15, 0.2) is 0 Å². The number of halogens is 1. The van der Waals surface area contributed by atoms with Crippen molar-refractivity contribution < 1.29 is 14.6 Å². The second kappa shape index (κ2) is 8.23. The first kappa shape index (κ1) is 18.9. The molecular formula is C21H24BrNO3. The Balaban J connectivity index is 1.80. The van der Waals surface area contributed by atoms with E-state index in [0.29, 0.717) is 25.8 Å². The van der Waals surface area contributed by atoms with Crippen molar-refractivity contribution in [1.29, 1.82) is 0 Å². The molecule has 0 radical (unpaired) electrons. The summed E-state index contributed by atoms with van der Waals surface area (Å²) in [6, 6.07) is 17.8. The highest BCUT2D eigenvalue weighted by Crippen LogP contribution is 2.40. The zero-order valence-electron chi connectivity index (χ0n) is 14.9. The molecule has 0 spiro atoms. The van der Waals surface area contributed by atoms with E-state index in [0.717, 1.165) is 15.6 Å². The standard InChI is InChI=1S/C21H24BrNO3/c1-16(17-8-10-19(22)11-9-17)23-14-13-21(12-5-15-24,26-20(23)25)18-6-3-2-4-7-18/h2-4,6-11,16,24H,5,12-15H2,1H3/t16-,21?/m0/s1. The summed E-state index contributed by atoms with van der Waals surface area (Å²) in [6.07, 6.45) is 1.64. The van der Waals surface area contributed by atoms with Crippen molar-refractivity contribution >= 4 is 22.0 Å². The number of rotatable bonds is 6. The first-order valence-corrected chi connectivity index (χ1v) is 9.76. The Hall–Kier alpha value is -1.85. The molecule has 0 aliphatic carbocycles. The minimum Gasteiger partial charge on any atom is -0.438 e. The van der Waals surface area contributed by atoms with Gasteiger partial charge in [0.25, 0.3) is 0 Å². The van der Waals surface area contributed by atoms with Crippen LogP contribution in [0.5, 0.6) is 0 Å². The third-order valence-corrected chi connectivity index (χ3v) is 5.66. The van der Waals surface area contributed by atoms with E-state index < -0.39 is 5.60 Å². The predicted octanol–water partition coefficient (Wildman–Crippen LogP) is 5.02. The molecule has 3 rings (SSSR count). The van der Waals surface area contributed by atoms with E-state index in [2.05, 4.69) is 15.9 Å². The number of aliphatic hydroxyl groups is 1. The Kier molecular flexibility index (Phi) is 5.99. The Morgan fingerprint density at radius 1 is 1.19 bits per heavy atom. The number of cyclic esters (lactones) is 1. The average molecular weight is 418 g/mol. The zero-order valence-corrected chi connectivity index (χ0v) is 16.5. The predicted molar refractivity (Wildman–Crippen MR) is 105 cm³/mol. The molecule has 1 aliphatic rings. The molecule has 1 unspecified atom stereocenters. The molecule has 5 heteroatoms. The van der Waals surface area contributed by atoms with Crippen LogP contribution in [-0.4, -0.2) is 29.3 Å². The second-order valence-electron chi connectivity index (χ2n) is 6.73. The third kappa shape index (κ3) is 3.94. The number of hydrogen-bond acceptors (Lipinski definition) is 3. The maximum Gasteiger partial charge on any atom is 0.411 e. The number of amides is 1. The van der Waals surface area contributed by atoms with E-state index in [9.17, 15) is 9.90 Å². The summed E-state index contributed by atoms with van der Waals surface area (Å²) < 4.78 is 7.02. The van der Waals surface area contributed by atoms with Gasteiger partial charge in [-0.3, -0.25) is 0 Å². The Bertz CT molecular complexity index is 735. The largest absolute Gasteiger partial charge is 0.438 e. The van der Waals surface area contributed by atoms with Crippen molar-refractivity contribution in [3.8, 4) is 0 Å². The van der Waals surface area contributed by atoms with Crippen LogP contribution in [-0.2, 0) is 10.3 Å². The SMILES string of the molecule is C[C@@H](c1ccc(Br)cc1)N1CCC(CCCO)(c2ccccc2)OC1=O. The van der Waals surface area contributed by atoms with Gasteiger partial charge >= 0.3 is 6.09 Å². The smallest absolute Gasteiger partial charge is 0.411 e. The average Bonchev–Trinajstić information content (AvgIpc) is 2.67. The fraction of sp³-hybridized carbons (Fsp3) is 0.381. The van der Waals surface area contributed by atoms with Gasteiger partial charge in [-0.15, -0.1) is 0 Å². The molecule has 1 amide bonds. The number of carbonyl (C=O) groups excluding carboxylic acids is 1. The van der Waals surface area contributed by atoms with Gasteiger partial charge in [-0.05, 0) is 43.0 Å². The lowest BCUT2D eigenvalue weighted by Crippen LogP contribution is -2.48. The maximum atomic E-state index is 12.9. The molecule has 0 saturated carbocycles. The van der Waals surface area contributed by atoms with E-state index in [1.165, 1.54) is 0 Å². The van der Waals surface area contributed by atoms with E-state index in [-0.39, 0.29) is 18.7 Å². The molecule has 2 aromatic rings. The van der Waals surface area contributed by atoms with Crippen LogP contribution in [0.1, 0.15) is 43.4 Å². The van der Waals surface area contributed by atoms with E-state index in [1.807, 2.05) is 61.5 Å². The normalized spacial score (nSPS) is 21.3. The summed E-state index contributed by atoms with van der Waals surface area (Å²) >= 11 is 3.44. The number of aliphatic hydroxyl groups excluding tert-OH is 1. The van der Waals surface area contributed by atoms with Crippen LogP contribution in [0.2, 0.25) is 0 Å². The van der Waals surface area contributed by atoms with Crippen LogP contribution in [0.25, 0.3) is 0 Å². The van der Waals surface area contributed by atoms with E-state index in [1.54, 1.807) is 4.90 Å². The molecule has 0 bridgehead atoms. The summed E-state index contributed by atoms with van der Waals surface area (Å²) in [5.41, 5.74) is 1.42.